The number of benzene rings is 1. The Hall–Kier alpha value is -2.59. The molecule has 1 aromatic rings. The Balaban J connectivity index is 3.21. The summed E-state index contributed by atoms with van der Waals surface area (Å²) in [6.45, 7) is -0.923. The van der Waals surface area contributed by atoms with Gasteiger partial charge in [0.05, 0.1) is 11.5 Å². The number of carbonyl (C=O) groups excluding carboxylic acids is 1. The lowest BCUT2D eigenvalue weighted by molar-refractivity contribution is -0.385. The second-order valence-electron chi connectivity index (χ2n) is 3.68. The Morgan fingerprint density at radius 2 is 2.15 bits per heavy atom. The summed E-state index contributed by atoms with van der Waals surface area (Å²) in [4.78, 5) is 33.8. The van der Waals surface area contributed by atoms with E-state index in [1.807, 2.05) is 0 Å². The van der Waals surface area contributed by atoms with Crippen molar-refractivity contribution in [1.29, 1.82) is 0 Å². The topological polar surface area (TPSA) is 101 Å². The van der Waals surface area contributed by atoms with E-state index in [4.69, 9.17) is 23.1 Å². The standard InChI is InChI=1S/C12H9ClN2O5/c1-2-5-14(7-11(16)17)12(18)9-4-3-8(13)6-10(9)15(19)20/h1,3-4,6H,5,7H2,(H,16,17). The zero-order valence-corrected chi connectivity index (χ0v) is 10.8. The normalized spacial score (nSPS) is 9.60. The van der Waals surface area contributed by atoms with Crippen LogP contribution in [0.4, 0.5) is 5.69 Å². The maximum atomic E-state index is 12.1. The van der Waals surface area contributed by atoms with Gasteiger partial charge >= 0.3 is 5.97 Å². The number of rotatable bonds is 5. The number of carboxylic acid groups (broad SMARTS) is 1. The first-order chi connectivity index (χ1) is 9.36. The molecule has 0 saturated carbocycles. The number of terminal acetylenes is 1. The zero-order valence-electron chi connectivity index (χ0n) is 10.1. The lowest BCUT2D eigenvalue weighted by Gasteiger charge is -2.17. The molecular weight excluding hydrogens is 288 g/mol. The first kappa shape index (κ1) is 15.5. The third-order valence-corrected chi connectivity index (χ3v) is 2.52. The Morgan fingerprint density at radius 3 is 2.65 bits per heavy atom. The van der Waals surface area contributed by atoms with Crippen LogP contribution >= 0.6 is 11.6 Å². The molecule has 20 heavy (non-hydrogen) atoms. The van der Waals surface area contributed by atoms with Gasteiger partial charge in [0.25, 0.3) is 11.6 Å². The fraction of sp³-hybridized carbons (Fsp3) is 0.167. The number of nitro groups is 1. The highest BCUT2D eigenvalue weighted by atomic mass is 35.5. The minimum Gasteiger partial charge on any atom is -0.480 e. The van der Waals surface area contributed by atoms with Gasteiger partial charge in [0.1, 0.15) is 12.1 Å². The number of aliphatic carboxylic acids is 1. The van der Waals surface area contributed by atoms with Crippen LogP contribution in [-0.4, -0.2) is 39.9 Å². The maximum Gasteiger partial charge on any atom is 0.323 e. The van der Waals surface area contributed by atoms with Crippen molar-refractivity contribution >= 4 is 29.2 Å². The maximum absolute atomic E-state index is 12.1. The van der Waals surface area contributed by atoms with Crippen molar-refractivity contribution in [2.24, 2.45) is 0 Å². The van der Waals surface area contributed by atoms with Gasteiger partial charge in [-0.05, 0) is 12.1 Å². The Kier molecular flexibility index (Phi) is 5.06. The van der Waals surface area contributed by atoms with Crippen molar-refractivity contribution < 1.29 is 19.6 Å². The summed E-state index contributed by atoms with van der Waals surface area (Å²) in [6.07, 6.45) is 5.05. The van der Waals surface area contributed by atoms with Gasteiger partial charge in [0.15, 0.2) is 0 Å². The molecule has 1 amide bonds. The fourth-order valence-corrected chi connectivity index (χ4v) is 1.65. The molecule has 8 heteroatoms. The molecule has 0 spiro atoms. The molecule has 0 aliphatic carbocycles. The van der Waals surface area contributed by atoms with Crippen molar-refractivity contribution in [2.45, 2.75) is 0 Å². The van der Waals surface area contributed by atoms with E-state index in [1.54, 1.807) is 0 Å². The van der Waals surface area contributed by atoms with Crippen LogP contribution in [0.3, 0.4) is 0 Å². The van der Waals surface area contributed by atoms with Crippen LogP contribution in [0.5, 0.6) is 0 Å². The first-order valence-corrected chi connectivity index (χ1v) is 5.63. The molecule has 0 radical (unpaired) electrons. The Bertz CT molecular complexity index is 608. The third-order valence-electron chi connectivity index (χ3n) is 2.28. The van der Waals surface area contributed by atoms with E-state index in [1.165, 1.54) is 6.07 Å². The highest BCUT2D eigenvalue weighted by Crippen LogP contribution is 2.24. The van der Waals surface area contributed by atoms with Crippen LogP contribution in [0.15, 0.2) is 18.2 Å². The largest absolute Gasteiger partial charge is 0.480 e. The van der Waals surface area contributed by atoms with Gasteiger partial charge in [0.2, 0.25) is 0 Å². The van der Waals surface area contributed by atoms with Gasteiger partial charge in [-0.15, -0.1) is 6.42 Å². The van der Waals surface area contributed by atoms with Crippen LogP contribution in [0.2, 0.25) is 5.02 Å². The van der Waals surface area contributed by atoms with E-state index >= 15 is 0 Å². The highest BCUT2D eigenvalue weighted by Gasteiger charge is 2.25. The molecule has 7 nitrogen and oxygen atoms in total. The summed E-state index contributed by atoms with van der Waals surface area (Å²) in [6, 6.07) is 3.48. The monoisotopic (exact) mass is 296 g/mol. The molecule has 0 fully saturated rings. The molecule has 0 aromatic heterocycles. The molecule has 0 saturated heterocycles. The van der Waals surface area contributed by atoms with Gasteiger partial charge < -0.3 is 10.0 Å². The summed E-state index contributed by atoms with van der Waals surface area (Å²) >= 11 is 5.63. The van der Waals surface area contributed by atoms with Crippen LogP contribution < -0.4 is 0 Å². The number of nitro benzene ring substituents is 1. The predicted octanol–water partition coefficient (Wildman–Crippen LogP) is 1.41. The molecule has 1 N–H and O–H groups in total. The van der Waals surface area contributed by atoms with Gasteiger partial charge in [-0.3, -0.25) is 19.7 Å². The van der Waals surface area contributed by atoms with Crippen molar-refractivity contribution in [1.82, 2.24) is 4.90 Å². The quantitative estimate of drug-likeness (QED) is 0.503. The molecule has 0 heterocycles. The smallest absolute Gasteiger partial charge is 0.323 e. The SMILES string of the molecule is C#CCN(CC(=O)O)C(=O)c1ccc(Cl)cc1[N+](=O)[O-]. The van der Waals surface area contributed by atoms with Crippen molar-refractivity contribution in [2.75, 3.05) is 13.1 Å². The molecule has 0 atom stereocenters. The minimum absolute atomic E-state index is 0.0926. The second kappa shape index (κ2) is 6.54. The molecule has 0 bridgehead atoms. The lowest BCUT2D eigenvalue weighted by Crippen LogP contribution is -2.36. The first-order valence-electron chi connectivity index (χ1n) is 5.25. The summed E-state index contributed by atoms with van der Waals surface area (Å²) < 4.78 is 0. The number of amides is 1. The van der Waals surface area contributed by atoms with E-state index < -0.39 is 29.0 Å². The van der Waals surface area contributed by atoms with Crippen LogP contribution in [0.25, 0.3) is 0 Å². The van der Waals surface area contributed by atoms with Crippen LogP contribution in [0.1, 0.15) is 10.4 Å². The van der Waals surface area contributed by atoms with Crippen LogP contribution in [-0.2, 0) is 4.79 Å². The molecule has 0 aliphatic rings. The summed E-state index contributed by atoms with van der Waals surface area (Å²) in [5, 5.41) is 19.7. The predicted molar refractivity (Wildman–Crippen MR) is 70.5 cm³/mol. The van der Waals surface area contributed by atoms with E-state index in [0.29, 0.717) is 0 Å². The highest BCUT2D eigenvalue weighted by molar-refractivity contribution is 6.31. The number of carboxylic acids is 1. The summed E-state index contributed by atoms with van der Waals surface area (Å²) in [5.41, 5.74) is -0.772. The average molecular weight is 297 g/mol. The fourth-order valence-electron chi connectivity index (χ4n) is 1.48. The van der Waals surface area contributed by atoms with Crippen LogP contribution in [0, 0.1) is 22.5 Å². The summed E-state index contributed by atoms with van der Waals surface area (Å²) in [7, 11) is 0. The van der Waals surface area contributed by atoms with Crippen molar-refractivity contribution in [3.05, 3.63) is 38.9 Å². The number of hydrogen-bond acceptors (Lipinski definition) is 4. The van der Waals surface area contributed by atoms with Crippen molar-refractivity contribution in [3.63, 3.8) is 0 Å². The molecule has 104 valence electrons. The number of hydrogen-bond donors (Lipinski definition) is 1. The third kappa shape index (κ3) is 3.70. The minimum atomic E-state index is -1.27. The second-order valence-corrected chi connectivity index (χ2v) is 4.11. The zero-order chi connectivity index (χ0) is 15.3. The lowest BCUT2D eigenvalue weighted by atomic mass is 10.1. The molecule has 1 rings (SSSR count). The van der Waals surface area contributed by atoms with E-state index in [-0.39, 0.29) is 17.1 Å². The van der Waals surface area contributed by atoms with E-state index in [9.17, 15) is 19.7 Å². The Morgan fingerprint density at radius 1 is 1.50 bits per heavy atom. The molecule has 1 aromatic carbocycles. The summed E-state index contributed by atoms with van der Waals surface area (Å²) in [5.74, 6) is 0.0176. The number of carbonyl (C=O) groups is 2. The number of halogens is 1. The van der Waals surface area contributed by atoms with Gasteiger partial charge in [0, 0.05) is 11.1 Å². The van der Waals surface area contributed by atoms with E-state index in [0.717, 1.165) is 17.0 Å². The van der Waals surface area contributed by atoms with Gasteiger partial charge in [-0.25, -0.2) is 0 Å². The Labute approximate surface area is 118 Å². The van der Waals surface area contributed by atoms with Gasteiger partial charge in [-0.2, -0.15) is 0 Å². The molecular formula is C12H9ClN2O5. The average Bonchev–Trinajstić information content (AvgIpc) is 2.36. The number of nitrogens with zero attached hydrogens (tertiary/aromatic N) is 2. The van der Waals surface area contributed by atoms with E-state index in [2.05, 4.69) is 5.92 Å². The van der Waals surface area contributed by atoms with Gasteiger partial charge in [-0.1, -0.05) is 17.5 Å². The molecule has 0 unspecified atom stereocenters. The van der Waals surface area contributed by atoms with Crippen molar-refractivity contribution in [3.8, 4) is 12.3 Å². The molecule has 0 aliphatic heterocycles.